The van der Waals surface area contributed by atoms with E-state index in [4.69, 9.17) is 16.3 Å². The molecule has 4 heterocycles. The van der Waals surface area contributed by atoms with Gasteiger partial charge in [0.15, 0.2) is 0 Å². The fourth-order valence-corrected chi connectivity index (χ4v) is 11.5. The summed E-state index contributed by atoms with van der Waals surface area (Å²) in [5.41, 5.74) is 12.8. The number of carbonyl (C=O) groups excluding carboxylic acids is 1. The maximum atomic E-state index is 13.8. The molecule has 0 bridgehead atoms. The van der Waals surface area contributed by atoms with E-state index < -0.39 is 11.6 Å². The van der Waals surface area contributed by atoms with Gasteiger partial charge < -0.3 is 40.9 Å². The lowest BCUT2D eigenvalue weighted by atomic mass is 9.61. The summed E-state index contributed by atoms with van der Waals surface area (Å²) in [5, 5.41) is 30.4. The van der Waals surface area contributed by atoms with Crippen LogP contribution in [0.15, 0.2) is 95.1 Å². The zero-order valence-electron chi connectivity index (χ0n) is 32.9. The molecule has 8 N–H and O–H groups in total. The molecule has 1 aliphatic heterocycles. The maximum absolute atomic E-state index is 13.8. The van der Waals surface area contributed by atoms with E-state index in [-0.39, 0.29) is 22.8 Å². The van der Waals surface area contributed by atoms with Gasteiger partial charge in [-0.3, -0.25) is 4.79 Å². The van der Waals surface area contributed by atoms with Crippen molar-refractivity contribution in [2.24, 2.45) is 11.3 Å². The molecule has 6 aromatic rings. The van der Waals surface area contributed by atoms with E-state index in [0.717, 1.165) is 98.2 Å². The van der Waals surface area contributed by atoms with Crippen LogP contribution in [0.5, 0.6) is 5.75 Å². The Morgan fingerprint density at radius 1 is 1.00 bits per heavy atom. The van der Waals surface area contributed by atoms with Gasteiger partial charge in [0.2, 0.25) is 11.2 Å². The second-order valence-electron chi connectivity index (χ2n) is 16.5. The number of anilines is 2. The third kappa shape index (κ3) is 7.67. The molecule has 9 rings (SSSR count). The molecule has 3 aromatic carbocycles. The number of rotatable bonds is 15. The van der Waals surface area contributed by atoms with E-state index in [1.165, 1.54) is 45.4 Å². The van der Waals surface area contributed by atoms with Crippen molar-refractivity contribution >= 4 is 50.9 Å². The molecule has 1 atom stereocenters. The van der Waals surface area contributed by atoms with Crippen LogP contribution in [0.25, 0.3) is 21.3 Å². The van der Waals surface area contributed by atoms with Crippen molar-refractivity contribution in [2.75, 3.05) is 43.5 Å². The van der Waals surface area contributed by atoms with Crippen molar-refractivity contribution in [1.82, 2.24) is 15.2 Å². The smallest absolute Gasteiger partial charge is 0.349 e. The molecule has 1 unspecified atom stereocenters. The number of phenolic OH excluding ortho intramolecular Hbond substituents is 1. The third-order valence-electron chi connectivity index (χ3n) is 12.4. The zero-order valence-corrected chi connectivity index (χ0v) is 34.5. The summed E-state index contributed by atoms with van der Waals surface area (Å²) in [4.78, 5) is 32.9. The Labute approximate surface area is 351 Å². The number of aliphatic hydroxyl groups is 1. The van der Waals surface area contributed by atoms with Gasteiger partial charge in [0, 0.05) is 47.9 Å². The maximum Gasteiger partial charge on any atom is 0.349 e. The number of ether oxygens (including phenoxy) is 1. The summed E-state index contributed by atoms with van der Waals surface area (Å²) >= 11 is 2.78. The number of hydrogen-bond acceptors (Lipinski definition) is 12. The minimum absolute atomic E-state index is 0.0709. The topological polar surface area (TPSA) is 170 Å². The molecule has 11 nitrogen and oxygen atoms in total. The minimum atomic E-state index is -1.84. The molecule has 0 radical (unpaired) electrons. The lowest BCUT2D eigenvalue weighted by molar-refractivity contribution is -0.191. The quantitative estimate of drug-likeness (QED) is 0.0223. The predicted molar refractivity (Wildman–Crippen MR) is 236 cm³/mol. The molecule has 1 spiro atoms. The molecule has 1 saturated heterocycles. The first-order valence-electron chi connectivity index (χ1n) is 20.5. The number of nitrogen functional groups attached to an aromatic ring is 1. The van der Waals surface area contributed by atoms with Crippen LogP contribution >= 0.6 is 22.7 Å². The number of pyridine rings is 1. The van der Waals surface area contributed by atoms with Gasteiger partial charge in [0.1, 0.15) is 11.9 Å². The van der Waals surface area contributed by atoms with Crippen molar-refractivity contribution in [3.63, 3.8) is 0 Å². The van der Waals surface area contributed by atoms with Crippen molar-refractivity contribution < 1.29 is 19.7 Å². The molecular weight excluding hydrogens is 781 g/mol. The molecule has 13 heteroatoms. The Hall–Kier alpha value is -5.02. The molecule has 3 aromatic heterocycles. The number of aromatic nitrogens is 1. The second-order valence-corrected chi connectivity index (χ2v) is 18.5. The number of esters is 1. The number of nitrogens with zero attached hydrogens (tertiary/aromatic N) is 2. The van der Waals surface area contributed by atoms with Crippen molar-refractivity contribution in [3.05, 3.63) is 133 Å². The van der Waals surface area contributed by atoms with Gasteiger partial charge in [0.05, 0.1) is 26.6 Å². The minimum Gasteiger partial charge on any atom is -0.506 e. The number of aromatic hydroxyl groups is 1. The average molecular weight is 831 g/mol. The number of benzene rings is 3. The second kappa shape index (κ2) is 16.2. The van der Waals surface area contributed by atoms with Crippen molar-refractivity contribution in [3.8, 4) is 16.2 Å². The normalized spacial score (nSPS) is 17.1. The van der Waals surface area contributed by atoms with Crippen LogP contribution in [0, 0.1) is 5.41 Å². The fraction of sp³-hybridized carbons (Fsp3) is 0.348. The van der Waals surface area contributed by atoms with Gasteiger partial charge in [-0.05, 0) is 128 Å². The highest BCUT2D eigenvalue weighted by atomic mass is 32.1. The molecule has 0 amide bonds. The first-order valence-corrected chi connectivity index (χ1v) is 22.2. The van der Waals surface area contributed by atoms with Gasteiger partial charge in [-0.2, -0.15) is 0 Å². The summed E-state index contributed by atoms with van der Waals surface area (Å²) in [5.74, 6) is 6.20. The number of phenols is 1. The third-order valence-corrected chi connectivity index (χ3v) is 14.6. The van der Waals surface area contributed by atoms with E-state index in [9.17, 15) is 19.8 Å². The van der Waals surface area contributed by atoms with Crippen molar-refractivity contribution in [1.29, 1.82) is 0 Å². The van der Waals surface area contributed by atoms with E-state index in [1.54, 1.807) is 18.2 Å². The summed E-state index contributed by atoms with van der Waals surface area (Å²) in [7, 11) is 0. The molecule has 59 heavy (non-hydrogen) atoms. The predicted octanol–water partition coefficient (Wildman–Crippen LogP) is 6.44. The van der Waals surface area contributed by atoms with E-state index in [0.29, 0.717) is 34.0 Å². The fourth-order valence-electron chi connectivity index (χ4n) is 9.55. The van der Waals surface area contributed by atoms with Gasteiger partial charge in [0.25, 0.3) is 0 Å². The zero-order chi connectivity index (χ0) is 40.7. The Kier molecular flexibility index (Phi) is 10.8. The van der Waals surface area contributed by atoms with Gasteiger partial charge in [-0.15, -0.1) is 22.7 Å². The lowest BCUT2D eigenvalue weighted by Gasteiger charge is -2.58. The summed E-state index contributed by atoms with van der Waals surface area (Å²) in [6.45, 7) is 4.98. The van der Waals surface area contributed by atoms with Crippen molar-refractivity contribution in [2.45, 2.75) is 63.2 Å². The number of thiophene rings is 2. The van der Waals surface area contributed by atoms with Gasteiger partial charge in [-0.25, -0.2) is 10.6 Å². The van der Waals surface area contributed by atoms with Crippen LogP contribution in [0.1, 0.15) is 57.7 Å². The van der Waals surface area contributed by atoms with Gasteiger partial charge >= 0.3 is 5.97 Å². The van der Waals surface area contributed by atoms with E-state index >= 15 is 0 Å². The van der Waals surface area contributed by atoms with Gasteiger partial charge in [-0.1, -0.05) is 42.5 Å². The SMILES string of the molecule is Nc1cc(CNCCc2ccc(O)c3[nH]c(=O)ccc23)c2c(c1N(N)CCCN1CC3(CC(OC(=O)C(O)(c4cccs4)c4ccc(-c5ccccc5)s4)C3)C1)CCC2. The summed E-state index contributed by atoms with van der Waals surface area (Å²) in [6, 6.07) is 26.3. The number of nitrogens with two attached hydrogens (primary N) is 2. The van der Waals surface area contributed by atoms with Crippen LogP contribution < -0.4 is 27.5 Å². The number of H-pyrrole nitrogens is 1. The standard InChI is InChI=1S/C46H50N6O5S2/c47-36-23-31(26-49-19-18-29-12-14-37(53)42-34(29)13-17-41(54)50-42)33-9-4-10-35(33)43(36)52(48)21-6-20-51-27-45(28-51)24-32(25-45)57-44(55)46(56,39-11-5-22-58-39)40-16-15-38(59-40)30-7-2-1-3-8-30/h1-3,5,7-8,11-17,22-23,32,49,53,56H,4,6,9-10,18-21,24-28,47-48H2,(H,50,54). The Morgan fingerprint density at radius 3 is 2.61 bits per heavy atom. The van der Waals surface area contributed by atoms with E-state index in [1.807, 2.05) is 65.0 Å². The summed E-state index contributed by atoms with van der Waals surface area (Å²) in [6.07, 6.45) is 6.09. The Balaban J connectivity index is 0.745. The number of likely N-dealkylation sites (tertiary alicyclic amines) is 1. The molecule has 306 valence electrons. The summed E-state index contributed by atoms with van der Waals surface area (Å²) < 4.78 is 6.04. The highest BCUT2D eigenvalue weighted by Gasteiger charge is 2.55. The molecule has 1 saturated carbocycles. The van der Waals surface area contributed by atoms with Crippen LogP contribution in [0.2, 0.25) is 0 Å². The van der Waals surface area contributed by atoms with Crippen LogP contribution in [-0.4, -0.2) is 64.9 Å². The average Bonchev–Trinajstić information content (AvgIpc) is 4.02. The van der Waals surface area contributed by atoms with E-state index in [2.05, 4.69) is 21.3 Å². The number of carbonyl (C=O) groups is 1. The highest BCUT2D eigenvalue weighted by Crippen LogP contribution is 2.51. The van der Waals surface area contributed by atoms with Crippen LogP contribution in [0.3, 0.4) is 0 Å². The van der Waals surface area contributed by atoms with Crippen LogP contribution in [0.4, 0.5) is 11.4 Å². The monoisotopic (exact) mass is 830 g/mol. The number of aromatic amines is 1. The Bertz CT molecular complexity index is 2520. The molecular formula is C46H50N6O5S2. The number of nitrogens with one attached hydrogen (secondary N) is 2. The largest absolute Gasteiger partial charge is 0.506 e. The molecule has 2 aliphatic carbocycles. The first kappa shape index (κ1) is 39.4. The molecule has 2 fully saturated rings. The van der Waals surface area contributed by atoms with Crippen LogP contribution in [-0.2, 0) is 40.9 Å². The molecule has 3 aliphatic rings. The number of fused-ring (bicyclic) bond motifs is 2. The highest BCUT2D eigenvalue weighted by molar-refractivity contribution is 7.16. The number of hydrazine groups is 1. The lowest BCUT2D eigenvalue weighted by Crippen LogP contribution is -2.64. The number of hydrogen-bond donors (Lipinski definition) is 6. The first-order chi connectivity index (χ1) is 28.6. The Morgan fingerprint density at radius 2 is 1.81 bits per heavy atom.